The number of anilines is 1. The monoisotopic (exact) mass is 499 g/mol. The van der Waals surface area contributed by atoms with Gasteiger partial charge < -0.3 is 10.2 Å². The fourth-order valence-corrected chi connectivity index (χ4v) is 4.46. The molecule has 0 spiro atoms. The fraction of sp³-hybridized carbons (Fsp3) is 0.364. The van der Waals surface area contributed by atoms with Crippen molar-refractivity contribution < 1.29 is 18.0 Å². The van der Waals surface area contributed by atoms with E-state index in [-0.39, 0.29) is 23.2 Å². The predicted molar refractivity (Wildman–Crippen MR) is 128 cm³/mol. The Labute approximate surface area is 199 Å². The Kier molecular flexibility index (Phi) is 9.36. The third-order valence-electron chi connectivity index (χ3n) is 4.77. The number of nitrogens with zero attached hydrogens (tertiary/aromatic N) is 2. The molecule has 0 aliphatic heterocycles. The van der Waals surface area contributed by atoms with E-state index in [4.69, 9.17) is 23.2 Å². The number of hydrogen-bond donors (Lipinski definition) is 1. The van der Waals surface area contributed by atoms with Crippen molar-refractivity contribution in [3.63, 3.8) is 0 Å². The summed E-state index contributed by atoms with van der Waals surface area (Å²) in [6.07, 6.45) is 1.74. The molecule has 0 unspecified atom stereocenters. The summed E-state index contributed by atoms with van der Waals surface area (Å²) in [5.41, 5.74) is 0.945. The molecule has 1 atom stereocenters. The molecule has 174 valence electrons. The van der Waals surface area contributed by atoms with Gasteiger partial charge in [0.2, 0.25) is 21.8 Å². The second-order valence-corrected chi connectivity index (χ2v) is 10.1. The topological polar surface area (TPSA) is 86.8 Å². The lowest BCUT2D eigenvalue weighted by molar-refractivity contribution is -0.139. The molecule has 32 heavy (non-hydrogen) atoms. The summed E-state index contributed by atoms with van der Waals surface area (Å²) in [7, 11) is -3.86. The van der Waals surface area contributed by atoms with Crippen molar-refractivity contribution in [1.29, 1.82) is 0 Å². The van der Waals surface area contributed by atoms with Crippen LogP contribution in [0.2, 0.25) is 10.0 Å². The average molecular weight is 500 g/mol. The van der Waals surface area contributed by atoms with Crippen LogP contribution in [0.1, 0.15) is 25.8 Å². The molecule has 7 nitrogen and oxygen atoms in total. The summed E-state index contributed by atoms with van der Waals surface area (Å²) in [5.74, 6) is -0.851. The Hall–Kier alpha value is -2.29. The molecule has 0 radical (unpaired) electrons. The molecule has 2 aromatic rings. The summed E-state index contributed by atoms with van der Waals surface area (Å²) in [6.45, 7) is 3.65. The lowest BCUT2D eigenvalue weighted by atomic mass is 10.1. The Morgan fingerprint density at radius 3 is 2.31 bits per heavy atom. The van der Waals surface area contributed by atoms with Gasteiger partial charge in [0.25, 0.3) is 0 Å². The van der Waals surface area contributed by atoms with Crippen LogP contribution in [0.3, 0.4) is 0 Å². The van der Waals surface area contributed by atoms with Crippen molar-refractivity contribution in [3.8, 4) is 0 Å². The van der Waals surface area contributed by atoms with E-state index in [1.165, 1.54) is 23.1 Å². The van der Waals surface area contributed by atoms with Gasteiger partial charge in [-0.05, 0) is 37.1 Å². The van der Waals surface area contributed by atoms with Crippen molar-refractivity contribution in [3.05, 3.63) is 64.1 Å². The third kappa shape index (κ3) is 7.12. The molecule has 0 aliphatic rings. The van der Waals surface area contributed by atoms with Crippen LogP contribution in [0.15, 0.2) is 48.5 Å². The molecule has 0 saturated carbocycles. The van der Waals surface area contributed by atoms with Crippen LogP contribution < -0.4 is 9.62 Å². The number of benzene rings is 2. The lowest BCUT2D eigenvalue weighted by Gasteiger charge is -2.31. The van der Waals surface area contributed by atoms with Gasteiger partial charge >= 0.3 is 0 Å². The smallest absolute Gasteiger partial charge is 0.244 e. The minimum Gasteiger partial charge on any atom is -0.354 e. The first-order valence-corrected chi connectivity index (χ1v) is 12.7. The minimum absolute atomic E-state index is 0.0964. The van der Waals surface area contributed by atoms with Crippen molar-refractivity contribution in [2.24, 2.45) is 0 Å². The molecule has 2 amide bonds. The Morgan fingerprint density at radius 1 is 1.09 bits per heavy atom. The Balaban J connectivity index is 2.38. The molecule has 2 rings (SSSR count). The molecular formula is C22H27Cl2N3O4S. The lowest BCUT2D eigenvalue weighted by Crippen LogP contribution is -2.51. The highest BCUT2D eigenvalue weighted by Gasteiger charge is 2.30. The largest absolute Gasteiger partial charge is 0.354 e. The number of carbonyl (C=O) groups excluding carboxylic acids is 2. The molecular weight excluding hydrogens is 473 g/mol. The molecule has 0 aromatic heterocycles. The van der Waals surface area contributed by atoms with Crippen LogP contribution in [0.25, 0.3) is 0 Å². The highest BCUT2D eigenvalue weighted by molar-refractivity contribution is 7.92. The van der Waals surface area contributed by atoms with Crippen LogP contribution in [0.5, 0.6) is 0 Å². The summed E-state index contributed by atoms with van der Waals surface area (Å²) >= 11 is 12.1. The van der Waals surface area contributed by atoms with Gasteiger partial charge in [-0.25, -0.2) is 8.42 Å². The maximum absolute atomic E-state index is 13.3. The van der Waals surface area contributed by atoms with Crippen LogP contribution >= 0.6 is 23.2 Å². The number of hydrogen-bond acceptors (Lipinski definition) is 4. The molecule has 0 fully saturated rings. The summed E-state index contributed by atoms with van der Waals surface area (Å²) in [4.78, 5) is 27.3. The van der Waals surface area contributed by atoms with Crippen molar-refractivity contribution >= 4 is 50.7 Å². The maximum atomic E-state index is 13.3. The van der Waals surface area contributed by atoms with Crippen LogP contribution in [0, 0.1) is 0 Å². The predicted octanol–water partition coefficient (Wildman–Crippen LogP) is 3.70. The second kappa shape index (κ2) is 11.5. The van der Waals surface area contributed by atoms with E-state index >= 15 is 0 Å². The summed E-state index contributed by atoms with van der Waals surface area (Å²) < 4.78 is 25.9. The van der Waals surface area contributed by atoms with Gasteiger partial charge in [-0.1, -0.05) is 60.5 Å². The van der Waals surface area contributed by atoms with Gasteiger partial charge in [0.15, 0.2) is 0 Å². The van der Waals surface area contributed by atoms with Gasteiger partial charge in [0, 0.05) is 18.1 Å². The van der Waals surface area contributed by atoms with E-state index in [1.807, 2.05) is 37.3 Å². The minimum atomic E-state index is -3.86. The van der Waals surface area contributed by atoms with Gasteiger partial charge in [-0.3, -0.25) is 13.9 Å². The molecule has 0 heterocycles. The van der Waals surface area contributed by atoms with E-state index in [0.717, 1.165) is 22.5 Å². The first-order valence-electron chi connectivity index (χ1n) is 10.1. The van der Waals surface area contributed by atoms with E-state index < -0.39 is 28.5 Å². The number of carbonyl (C=O) groups is 2. The Morgan fingerprint density at radius 2 is 1.75 bits per heavy atom. The van der Waals surface area contributed by atoms with Crippen molar-refractivity contribution in [2.45, 2.75) is 32.9 Å². The molecule has 0 aliphatic carbocycles. The standard InChI is InChI=1S/C22H27Cl2N3O4S/c1-4-12-25-22(29)16(2)26(14-17-8-6-5-7-9-17)21(28)15-27(32(3,30)31)20-11-10-18(23)13-19(20)24/h5-11,13,16H,4,12,14-15H2,1-3H3,(H,25,29)/t16-/m1/s1. The highest BCUT2D eigenvalue weighted by Crippen LogP contribution is 2.30. The highest BCUT2D eigenvalue weighted by atomic mass is 35.5. The number of rotatable bonds is 10. The zero-order valence-corrected chi connectivity index (χ0v) is 20.5. The second-order valence-electron chi connectivity index (χ2n) is 7.34. The first kappa shape index (κ1) is 26.0. The Bertz CT molecular complexity index is 1050. The van der Waals surface area contributed by atoms with E-state index in [1.54, 1.807) is 6.92 Å². The van der Waals surface area contributed by atoms with Crippen molar-refractivity contribution in [2.75, 3.05) is 23.7 Å². The van der Waals surface area contributed by atoms with E-state index in [2.05, 4.69) is 5.32 Å². The molecule has 10 heteroatoms. The first-order chi connectivity index (χ1) is 15.0. The molecule has 1 N–H and O–H groups in total. The van der Waals surface area contributed by atoms with Crippen LogP contribution in [-0.2, 0) is 26.2 Å². The van der Waals surface area contributed by atoms with E-state index in [0.29, 0.717) is 11.6 Å². The van der Waals surface area contributed by atoms with Gasteiger partial charge in [-0.15, -0.1) is 0 Å². The zero-order chi connectivity index (χ0) is 23.9. The SMILES string of the molecule is CCCNC(=O)[C@@H](C)N(Cc1ccccc1)C(=O)CN(c1ccc(Cl)cc1Cl)S(C)(=O)=O. The maximum Gasteiger partial charge on any atom is 0.244 e. The van der Waals surface area contributed by atoms with Crippen LogP contribution in [0.4, 0.5) is 5.69 Å². The summed E-state index contributed by atoms with van der Waals surface area (Å²) in [5, 5.41) is 3.22. The molecule has 0 saturated heterocycles. The van der Waals surface area contributed by atoms with Gasteiger partial charge in [-0.2, -0.15) is 0 Å². The zero-order valence-electron chi connectivity index (χ0n) is 18.2. The van der Waals surface area contributed by atoms with Crippen LogP contribution in [-0.4, -0.2) is 50.5 Å². The van der Waals surface area contributed by atoms with Gasteiger partial charge in [0.05, 0.1) is 17.0 Å². The quantitative estimate of drug-likeness (QED) is 0.539. The number of sulfonamides is 1. The number of nitrogens with one attached hydrogen (secondary N) is 1. The molecule has 2 aromatic carbocycles. The van der Waals surface area contributed by atoms with E-state index in [9.17, 15) is 18.0 Å². The normalized spacial score (nSPS) is 12.2. The third-order valence-corrected chi connectivity index (χ3v) is 6.43. The average Bonchev–Trinajstić information content (AvgIpc) is 2.74. The fourth-order valence-electron chi connectivity index (χ4n) is 3.04. The number of halogens is 2. The molecule has 0 bridgehead atoms. The van der Waals surface area contributed by atoms with Crippen molar-refractivity contribution in [1.82, 2.24) is 10.2 Å². The van der Waals surface area contributed by atoms with Gasteiger partial charge in [0.1, 0.15) is 12.6 Å². The summed E-state index contributed by atoms with van der Waals surface area (Å²) in [6, 6.07) is 12.7. The number of amides is 2.